The van der Waals surface area contributed by atoms with Gasteiger partial charge in [-0.05, 0) is 15.8 Å². The minimum atomic E-state index is -0.168. The molecule has 0 rings (SSSR count). The number of hydrogen-bond acceptors (Lipinski definition) is 0. The molecule has 0 N–H and O–H groups in total. The van der Waals surface area contributed by atoms with Crippen LogP contribution in [0, 0.1) is 0 Å². The fourth-order valence-corrected chi connectivity index (χ4v) is 0.787. The molecule has 0 unspecified atom stereocenters. The Balaban J connectivity index is 2.49. The second-order valence-corrected chi connectivity index (χ2v) is 2.50. The molecular formula is C4H9BSi. The third kappa shape index (κ3) is 4.02. The minimum absolute atomic E-state index is 0.168. The van der Waals surface area contributed by atoms with Crippen molar-refractivity contribution in [3.05, 3.63) is 12.7 Å². The maximum absolute atomic E-state index is 5.31. The first-order valence-electron chi connectivity index (χ1n) is 2.22. The molecule has 32 valence electrons. The highest BCUT2D eigenvalue weighted by Gasteiger charge is 1.72. The summed E-state index contributed by atoms with van der Waals surface area (Å²) in [7, 11) is 5.14. The van der Waals surface area contributed by atoms with Gasteiger partial charge in [0.2, 0.25) is 0 Å². The summed E-state index contributed by atoms with van der Waals surface area (Å²) in [6.45, 7) is 3.56. The number of rotatable bonds is 3. The Hall–Kier alpha value is 0.0218. The Morgan fingerprint density at radius 2 is 2.50 bits per heavy atom. The average Bonchev–Trinajstić information content (AvgIpc) is 1.61. The van der Waals surface area contributed by atoms with E-state index in [1.165, 1.54) is 6.04 Å². The van der Waals surface area contributed by atoms with E-state index in [0.717, 1.165) is 6.42 Å². The van der Waals surface area contributed by atoms with Crippen molar-refractivity contribution in [2.24, 2.45) is 0 Å². The summed E-state index contributed by atoms with van der Waals surface area (Å²) >= 11 is 0. The molecule has 0 nitrogen and oxygen atoms in total. The lowest BCUT2D eigenvalue weighted by molar-refractivity contribution is 1.22. The lowest BCUT2D eigenvalue weighted by Crippen LogP contribution is -1.83. The van der Waals surface area contributed by atoms with Crippen molar-refractivity contribution in [2.75, 3.05) is 0 Å². The molecule has 2 heteroatoms. The van der Waals surface area contributed by atoms with Crippen LogP contribution in [0.4, 0.5) is 0 Å². The van der Waals surface area contributed by atoms with Crippen LogP contribution in [-0.4, -0.2) is 16.8 Å². The topological polar surface area (TPSA) is 0 Å². The molecule has 0 fully saturated rings. The Bertz CT molecular complexity index is 36.5. The molecule has 0 amide bonds. The van der Waals surface area contributed by atoms with Crippen LogP contribution in [0.25, 0.3) is 0 Å². The van der Waals surface area contributed by atoms with Gasteiger partial charge in [0.05, 0.1) is 0 Å². The SMILES string of the molecule is [B][SiH2]CCC=C. The molecule has 0 heterocycles. The number of allylic oxidation sites excluding steroid dienone is 1. The van der Waals surface area contributed by atoms with E-state index in [4.69, 9.17) is 7.44 Å². The third-order valence-corrected chi connectivity index (χ3v) is 1.43. The standard InChI is InChI=1S/C4H9BSi/c1-2-3-4-6-5/h2H,1,3-4,6H2. The highest BCUT2D eigenvalue weighted by atomic mass is 28.2. The van der Waals surface area contributed by atoms with Crippen LogP contribution in [0.1, 0.15) is 6.42 Å². The fourth-order valence-electron chi connectivity index (χ4n) is 0.262. The molecule has 0 saturated heterocycles. The maximum atomic E-state index is 5.31. The summed E-state index contributed by atoms with van der Waals surface area (Å²) < 4.78 is 0. The summed E-state index contributed by atoms with van der Waals surface area (Å²) in [5.41, 5.74) is 0. The van der Waals surface area contributed by atoms with Gasteiger partial charge in [-0.15, -0.1) is 6.58 Å². The molecule has 6 heavy (non-hydrogen) atoms. The highest BCUT2D eigenvalue weighted by Crippen LogP contribution is 1.83. The van der Waals surface area contributed by atoms with E-state index in [1.807, 2.05) is 6.08 Å². The van der Waals surface area contributed by atoms with Gasteiger partial charge in [0, 0.05) is 7.44 Å². The lowest BCUT2D eigenvalue weighted by atomic mass is 10.5. The van der Waals surface area contributed by atoms with Crippen LogP contribution in [0.2, 0.25) is 6.04 Å². The van der Waals surface area contributed by atoms with E-state index in [1.54, 1.807) is 0 Å². The van der Waals surface area contributed by atoms with E-state index in [9.17, 15) is 0 Å². The van der Waals surface area contributed by atoms with Crippen molar-refractivity contribution in [1.82, 2.24) is 0 Å². The zero-order chi connectivity index (χ0) is 4.83. The van der Waals surface area contributed by atoms with Gasteiger partial charge in [-0.2, -0.15) is 0 Å². The normalized spacial score (nSPS) is 10.0. The highest BCUT2D eigenvalue weighted by molar-refractivity contribution is 6.89. The Kier molecular flexibility index (Phi) is 5.04. The quantitative estimate of drug-likeness (QED) is 0.268. The van der Waals surface area contributed by atoms with Crippen LogP contribution in [0.5, 0.6) is 0 Å². The van der Waals surface area contributed by atoms with Gasteiger partial charge in [0.25, 0.3) is 0 Å². The molecule has 0 aromatic heterocycles. The molecule has 0 aliphatic carbocycles. The molecule has 0 aliphatic rings. The molecule has 0 aromatic carbocycles. The Labute approximate surface area is 42.8 Å². The Morgan fingerprint density at radius 1 is 1.83 bits per heavy atom. The first-order chi connectivity index (χ1) is 2.91. The van der Waals surface area contributed by atoms with Gasteiger partial charge >= 0.3 is 0 Å². The summed E-state index contributed by atoms with van der Waals surface area (Å²) in [4.78, 5) is 0. The Morgan fingerprint density at radius 3 is 2.67 bits per heavy atom. The molecule has 0 saturated carbocycles. The second-order valence-electron chi connectivity index (χ2n) is 1.22. The molecule has 0 bridgehead atoms. The van der Waals surface area contributed by atoms with Crippen LogP contribution in [0.3, 0.4) is 0 Å². The molecular weight excluding hydrogens is 86.9 g/mol. The zero-order valence-electron chi connectivity index (χ0n) is 3.98. The first kappa shape index (κ1) is 6.02. The summed E-state index contributed by atoms with van der Waals surface area (Å²) in [6.07, 6.45) is 3.03. The average molecular weight is 96.0 g/mol. The maximum Gasteiger partial charge on any atom is 0.0479 e. The molecule has 2 radical (unpaired) electrons. The van der Waals surface area contributed by atoms with Crippen LogP contribution >= 0.6 is 0 Å². The molecule has 0 aromatic rings. The van der Waals surface area contributed by atoms with Crippen LogP contribution in [0.15, 0.2) is 12.7 Å². The van der Waals surface area contributed by atoms with Crippen molar-refractivity contribution in [1.29, 1.82) is 0 Å². The predicted octanol–water partition coefficient (Wildman–Crippen LogP) is 0.233. The van der Waals surface area contributed by atoms with Crippen molar-refractivity contribution in [2.45, 2.75) is 12.5 Å². The van der Waals surface area contributed by atoms with Gasteiger partial charge in [-0.25, -0.2) is 0 Å². The monoisotopic (exact) mass is 96.1 g/mol. The second kappa shape index (κ2) is 5.02. The zero-order valence-corrected chi connectivity index (χ0v) is 5.40. The number of hydrogen-bond donors (Lipinski definition) is 0. The third-order valence-electron chi connectivity index (χ3n) is 0.612. The smallest absolute Gasteiger partial charge is 0.0479 e. The minimum Gasteiger partial charge on any atom is -0.103 e. The van der Waals surface area contributed by atoms with E-state index < -0.39 is 0 Å². The largest absolute Gasteiger partial charge is 0.103 e. The van der Waals surface area contributed by atoms with E-state index in [-0.39, 0.29) is 9.39 Å². The van der Waals surface area contributed by atoms with Crippen molar-refractivity contribution in [3.63, 3.8) is 0 Å². The van der Waals surface area contributed by atoms with Gasteiger partial charge < -0.3 is 0 Å². The van der Waals surface area contributed by atoms with E-state index >= 15 is 0 Å². The summed E-state index contributed by atoms with van der Waals surface area (Å²) in [5, 5.41) is 0. The summed E-state index contributed by atoms with van der Waals surface area (Å²) in [6, 6.07) is 1.21. The van der Waals surface area contributed by atoms with E-state index in [0.29, 0.717) is 0 Å². The van der Waals surface area contributed by atoms with E-state index in [2.05, 4.69) is 6.58 Å². The first-order valence-corrected chi connectivity index (χ1v) is 4.04. The predicted molar refractivity (Wildman–Crippen MR) is 33.9 cm³/mol. The van der Waals surface area contributed by atoms with Gasteiger partial charge in [0.1, 0.15) is 0 Å². The fraction of sp³-hybridized carbons (Fsp3) is 0.500. The van der Waals surface area contributed by atoms with Crippen molar-refractivity contribution >= 4 is 16.8 Å². The van der Waals surface area contributed by atoms with Gasteiger partial charge in [-0.3, -0.25) is 0 Å². The molecule has 0 atom stereocenters. The van der Waals surface area contributed by atoms with Crippen LogP contribution in [-0.2, 0) is 0 Å². The molecule has 0 aliphatic heterocycles. The van der Waals surface area contributed by atoms with Crippen molar-refractivity contribution in [3.8, 4) is 0 Å². The lowest BCUT2D eigenvalue weighted by Gasteiger charge is -1.81. The molecule has 0 spiro atoms. The van der Waals surface area contributed by atoms with Crippen molar-refractivity contribution < 1.29 is 0 Å². The summed E-state index contributed by atoms with van der Waals surface area (Å²) in [5.74, 6) is 0. The van der Waals surface area contributed by atoms with Crippen LogP contribution < -0.4 is 0 Å². The van der Waals surface area contributed by atoms with Gasteiger partial charge in [0.15, 0.2) is 0 Å². The van der Waals surface area contributed by atoms with Gasteiger partial charge in [-0.1, -0.05) is 12.1 Å².